The van der Waals surface area contributed by atoms with E-state index in [0.29, 0.717) is 4.58 Å². The van der Waals surface area contributed by atoms with Gasteiger partial charge in [-0.2, -0.15) is 25.3 Å². The zero-order chi connectivity index (χ0) is 6.41. The molecule has 60 valence electrons. The van der Waals surface area contributed by atoms with Gasteiger partial charge in [0.2, 0.25) is 0 Å². The van der Waals surface area contributed by atoms with Crippen molar-refractivity contribution in [1.29, 1.82) is 0 Å². The van der Waals surface area contributed by atoms with Crippen molar-refractivity contribution in [3.63, 3.8) is 0 Å². The molecular formula is C6H14PtS2. The van der Waals surface area contributed by atoms with Crippen LogP contribution in [0.15, 0.2) is 0 Å². The summed E-state index contributed by atoms with van der Waals surface area (Å²) in [6.07, 6.45) is 5.01. The molecule has 0 saturated heterocycles. The number of hydrogen-bond donors (Lipinski definition) is 2. The molecule has 3 heteroatoms. The second-order valence-corrected chi connectivity index (χ2v) is 3.63. The molecule has 0 bridgehead atoms. The molecule has 0 rings (SSSR count). The van der Waals surface area contributed by atoms with Crippen LogP contribution in [0.4, 0.5) is 0 Å². The molecule has 0 unspecified atom stereocenters. The summed E-state index contributed by atoms with van der Waals surface area (Å²) in [5, 5.41) is 0. The first-order valence-electron chi connectivity index (χ1n) is 3.13. The van der Waals surface area contributed by atoms with E-state index in [2.05, 4.69) is 32.2 Å². The molecule has 0 aliphatic rings. The number of unbranched alkanes of at least 4 members (excludes halogenated alkanes) is 2. The van der Waals surface area contributed by atoms with Gasteiger partial charge in [0.25, 0.3) is 0 Å². The Morgan fingerprint density at radius 2 is 1.78 bits per heavy atom. The predicted molar refractivity (Wildman–Crippen MR) is 45.9 cm³/mol. The maximum atomic E-state index is 4.14. The van der Waals surface area contributed by atoms with Gasteiger partial charge in [-0.05, 0) is 6.42 Å². The summed E-state index contributed by atoms with van der Waals surface area (Å²) in [7, 11) is 0. The molecule has 0 saturated carbocycles. The van der Waals surface area contributed by atoms with E-state index in [0.717, 1.165) is 6.42 Å². The topological polar surface area (TPSA) is 0 Å². The van der Waals surface area contributed by atoms with Crippen molar-refractivity contribution in [2.75, 3.05) is 0 Å². The minimum absolute atomic E-state index is 0. The van der Waals surface area contributed by atoms with Gasteiger partial charge in [0, 0.05) is 25.6 Å². The number of hydrogen-bond acceptors (Lipinski definition) is 2. The molecule has 0 amide bonds. The molecule has 9 heavy (non-hydrogen) atoms. The van der Waals surface area contributed by atoms with E-state index in [4.69, 9.17) is 0 Å². The Bertz CT molecular complexity index is 48.3. The molecule has 0 aliphatic heterocycles. The Morgan fingerprint density at radius 1 is 1.22 bits per heavy atom. The van der Waals surface area contributed by atoms with E-state index in [1.54, 1.807) is 0 Å². The van der Waals surface area contributed by atoms with Crippen molar-refractivity contribution in [1.82, 2.24) is 0 Å². The molecule has 0 atom stereocenters. The number of thiol groups is 2. The zero-order valence-electron chi connectivity index (χ0n) is 5.62. The van der Waals surface area contributed by atoms with Crippen LogP contribution in [0.5, 0.6) is 0 Å². The van der Waals surface area contributed by atoms with Crippen LogP contribution in [0.2, 0.25) is 0 Å². The van der Waals surface area contributed by atoms with Crippen molar-refractivity contribution in [3.8, 4) is 0 Å². The first kappa shape index (κ1) is 13.0. The van der Waals surface area contributed by atoms with Crippen molar-refractivity contribution < 1.29 is 21.1 Å². The molecule has 0 aromatic rings. The van der Waals surface area contributed by atoms with Crippen LogP contribution in [-0.4, -0.2) is 4.58 Å². The maximum absolute atomic E-state index is 4.14. The van der Waals surface area contributed by atoms with Gasteiger partial charge >= 0.3 is 0 Å². The SMILES string of the molecule is CCCCCC(S)S.[Pt]. The van der Waals surface area contributed by atoms with E-state index < -0.39 is 0 Å². The van der Waals surface area contributed by atoms with Crippen LogP contribution >= 0.6 is 25.3 Å². The first-order chi connectivity index (χ1) is 3.77. The Balaban J connectivity index is 0. The minimum atomic E-state index is 0. The summed E-state index contributed by atoms with van der Waals surface area (Å²) in [5.74, 6) is 0. The molecule has 0 aromatic carbocycles. The van der Waals surface area contributed by atoms with Gasteiger partial charge in [-0.3, -0.25) is 0 Å². The van der Waals surface area contributed by atoms with E-state index in [1.807, 2.05) is 0 Å². The maximum Gasteiger partial charge on any atom is 0.0442 e. The molecular weight excluding hydrogens is 331 g/mol. The van der Waals surface area contributed by atoms with Crippen LogP contribution in [0, 0.1) is 0 Å². The summed E-state index contributed by atoms with van der Waals surface area (Å²) in [5.41, 5.74) is 0. The molecule has 0 fully saturated rings. The molecule has 0 aliphatic carbocycles. The Hall–Kier alpha value is 1.39. The third kappa shape index (κ3) is 12.6. The van der Waals surface area contributed by atoms with Crippen molar-refractivity contribution >= 4 is 25.3 Å². The van der Waals surface area contributed by atoms with E-state index in [-0.39, 0.29) is 21.1 Å². The Kier molecular flexibility index (Phi) is 13.6. The van der Waals surface area contributed by atoms with E-state index in [1.165, 1.54) is 19.3 Å². The van der Waals surface area contributed by atoms with Gasteiger partial charge in [0.1, 0.15) is 0 Å². The van der Waals surface area contributed by atoms with Crippen molar-refractivity contribution in [2.24, 2.45) is 0 Å². The smallest absolute Gasteiger partial charge is 0.0442 e. The fourth-order valence-electron chi connectivity index (χ4n) is 0.577. The van der Waals surface area contributed by atoms with E-state index >= 15 is 0 Å². The molecule has 0 heterocycles. The van der Waals surface area contributed by atoms with Gasteiger partial charge in [0.05, 0.1) is 0 Å². The normalized spacial score (nSPS) is 9.33. The Morgan fingerprint density at radius 3 is 2.11 bits per heavy atom. The quantitative estimate of drug-likeness (QED) is 0.437. The van der Waals surface area contributed by atoms with Gasteiger partial charge in [-0.25, -0.2) is 0 Å². The van der Waals surface area contributed by atoms with Crippen LogP contribution in [-0.2, 0) is 21.1 Å². The fourth-order valence-corrected chi connectivity index (χ4v) is 0.942. The molecule has 0 radical (unpaired) electrons. The second-order valence-electron chi connectivity index (χ2n) is 1.98. The molecule has 0 nitrogen and oxygen atoms in total. The molecule has 0 N–H and O–H groups in total. The fraction of sp³-hybridized carbons (Fsp3) is 1.00. The standard InChI is InChI=1S/C6H14S2.Pt/c1-2-3-4-5-6(7)8;/h6-8H,2-5H2,1H3;. The van der Waals surface area contributed by atoms with Crippen LogP contribution in [0.1, 0.15) is 32.6 Å². The van der Waals surface area contributed by atoms with Gasteiger partial charge in [0.15, 0.2) is 0 Å². The summed E-state index contributed by atoms with van der Waals surface area (Å²) < 4.78 is 0.293. The van der Waals surface area contributed by atoms with Gasteiger partial charge in [-0.15, -0.1) is 0 Å². The minimum Gasteiger partial charge on any atom is -0.165 e. The first-order valence-corrected chi connectivity index (χ1v) is 4.16. The monoisotopic (exact) mass is 345 g/mol. The third-order valence-electron chi connectivity index (χ3n) is 1.07. The Labute approximate surface area is 83.3 Å². The largest absolute Gasteiger partial charge is 0.165 e. The second kappa shape index (κ2) is 9.39. The summed E-state index contributed by atoms with van der Waals surface area (Å²) in [4.78, 5) is 0. The molecule has 0 spiro atoms. The average Bonchev–Trinajstić information content (AvgIpc) is 1.66. The summed E-state index contributed by atoms with van der Waals surface area (Å²) in [6.45, 7) is 2.20. The van der Waals surface area contributed by atoms with Crippen molar-refractivity contribution in [3.05, 3.63) is 0 Å². The zero-order valence-corrected chi connectivity index (χ0v) is 9.68. The van der Waals surface area contributed by atoms with Crippen LogP contribution in [0.25, 0.3) is 0 Å². The third-order valence-corrected chi connectivity index (χ3v) is 1.58. The summed E-state index contributed by atoms with van der Waals surface area (Å²) in [6, 6.07) is 0. The molecule has 0 aromatic heterocycles. The van der Waals surface area contributed by atoms with E-state index in [9.17, 15) is 0 Å². The van der Waals surface area contributed by atoms with Gasteiger partial charge < -0.3 is 0 Å². The summed E-state index contributed by atoms with van der Waals surface area (Å²) >= 11 is 8.27. The number of rotatable bonds is 4. The predicted octanol–water partition coefficient (Wildman–Crippen LogP) is 2.75. The van der Waals surface area contributed by atoms with Gasteiger partial charge in [-0.1, -0.05) is 26.2 Å². The van der Waals surface area contributed by atoms with Crippen LogP contribution in [0.3, 0.4) is 0 Å². The average molecular weight is 345 g/mol. The van der Waals surface area contributed by atoms with Crippen molar-refractivity contribution in [2.45, 2.75) is 37.2 Å². The van der Waals surface area contributed by atoms with Crippen LogP contribution < -0.4 is 0 Å².